The second kappa shape index (κ2) is 48.2. The maximum atomic E-state index is 11.7. The summed E-state index contributed by atoms with van der Waals surface area (Å²) in [6.45, 7) is 47.0. The highest BCUT2D eigenvalue weighted by atomic mass is 16.7. The molecule has 0 saturated carbocycles. The molecule has 9 unspecified atom stereocenters. The van der Waals surface area contributed by atoms with Crippen LogP contribution in [0.3, 0.4) is 0 Å². The van der Waals surface area contributed by atoms with Crippen LogP contribution < -0.4 is 18.9 Å². The van der Waals surface area contributed by atoms with Gasteiger partial charge < -0.3 is 48.5 Å². The van der Waals surface area contributed by atoms with Gasteiger partial charge in [0.05, 0.1) is 12.0 Å². The van der Waals surface area contributed by atoms with Gasteiger partial charge in [-0.3, -0.25) is 4.79 Å². The van der Waals surface area contributed by atoms with Gasteiger partial charge in [-0.15, -0.1) is 0 Å². The molecule has 8 rings (SSSR count). The quantitative estimate of drug-likeness (QED) is 0.0256. The Bertz CT molecular complexity index is 3130. The number of carbonyl (C=O) groups is 2. The monoisotopic (exact) mass is 1390 g/mol. The third kappa shape index (κ3) is 37.1. The Kier molecular flexibility index (Phi) is 42.6. The maximum Gasteiger partial charge on any atom is 0.514 e. The Morgan fingerprint density at radius 1 is 0.396 bits per heavy atom. The number of benzene rings is 7. The van der Waals surface area contributed by atoms with Gasteiger partial charge in [-0.05, 0) is 278 Å². The Morgan fingerprint density at radius 3 is 0.931 bits per heavy atom. The van der Waals surface area contributed by atoms with E-state index in [1.54, 1.807) is 69.3 Å². The third-order valence-corrected chi connectivity index (χ3v) is 18.0. The van der Waals surface area contributed by atoms with Gasteiger partial charge in [-0.25, -0.2) is 4.79 Å². The molecule has 0 bridgehead atoms. The number of hydrogen-bond donors (Lipinski definition) is 3. The fourth-order valence-electron chi connectivity index (χ4n) is 9.58. The van der Waals surface area contributed by atoms with Crippen LogP contribution in [-0.4, -0.2) is 58.8 Å². The molecule has 558 valence electrons. The predicted octanol–water partition coefficient (Wildman–Crippen LogP) is 25.4. The molecule has 0 radical (unpaired) electrons. The molecule has 1 fully saturated rings. The van der Waals surface area contributed by atoms with Crippen molar-refractivity contribution in [2.45, 2.75) is 276 Å². The zero-order chi connectivity index (χ0) is 75.7. The number of carbonyl (C=O) groups excluding carboxylic acids is 2. The lowest BCUT2D eigenvalue weighted by Gasteiger charge is -2.23. The molecule has 101 heavy (non-hydrogen) atoms. The van der Waals surface area contributed by atoms with Crippen LogP contribution in [0.4, 0.5) is 4.79 Å². The number of rotatable bonds is 22. The second-order valence-corrected chi connectivity index (χ2v) is 28.5. The van der Waals surface area contributed by atoms with Crippen molar-refractivity contribution in [2.24, 2.45) is 5.41 Å². The minimum absolute atomic E-state index is 0.0433. The molecule has 7 aromatic rings. The summed E-state index contributed by atoms with van der Waals surface area (Å²) in [5, 5.41) is 27.0. The summed E-state index contributed by atoms with van der Waals surface area (Å²) in [7, 11) is 0. The van der Waals surface area contributed by atoms with E-state index in [2.05, 4.69) is 133 Å². The van der Waals surface area contributed by atoms with Crippen LogP contribution in [0.1, 0.15) is 297 Å². The van der Waals surface area contributed by atoms with Crippen LogP contribution >= 0.6 is 0 Å². The van der Waals surface area contributed by atoms with E-state index >= 15 is 0 Å². The van der Waals surface area contributed by atoms with Gasteiger partial charge in [0.1, 0.15) is 45.8 Å². The van der Waals surface area contributed by atoms with E-state index in [1.807, 2.05) is 120 Å². The molecule has 0 spiro atoms. The zero-order valence-corrected chi connectivity index (χ0v) is 65.9. The molecule has 0 aliphatic carbocycles. The summed E-state index contributed by atoms with van der Waals surface area (Å²) in [4.78, 5) is 23.1. The second-order valence-electron chi connectivity index (χ2n) is 28.5. The molecular weight excluding hydrogens is 1260 g/mol. The van der Waals surface area contributed by atoms with Gasteiger partial charge in [0.15, 0.2) is 12.6 Å². The standard InChI is InChI=1S/C15H22O3.2C15H22O2.C14H22O2.3C10H14O/c1-6-11(2)12-7-9-13(10-8-12)17-14(16)18-15(3,4)5;1-3-12(2)13-7-9-14(10-8-13)17-15-6-4-5-11-16-15;1-6-11(2)12-7-9-13(10-8-12)17-14(16)15(3,4)5;1-5-11(3)13-7-9-14(10-8-13)16-12(4)15-6-2;3*1-3-8(2)9-4-6-10(11)7-5-9/h7-11H,6H2,1-5H3;7-10,12,15H,3-6,11H2,1-2H3;7-11H,6H2,1-5H3;7-12H,5-6H2,1-4H3;3*4-8,11H,3H2,1-2H3. The molecule has 1 aliphatic rings. The van der Waals surface area contributed by atoms with Crippen molar-refractivity contribution >= 4 is 12.1 Å². The van der Waals surface area contributed by atoms with Gasteiger partial charge in [-0.1, -0.05) is 182 Å². The number of phenolic OH excluding ortho intramolecular Hbond substituents is 3. The Morgan fingerprint density at radius 2 is 0.673 bits per heavy atom. The first-order valence-corrected chi connectivity index (χ1v) is 37.3. The highest BCUT2D eigenvalue weighted by molar-refractivity contribution is 5.77. The minimum atomic E-state index is -0.668. The van der Waals surface area contributed by atoms with E-state index in [-0.39, 0.29) is 18.5 Å². The molecule has 12 nitrogen and oxygen atoms in total. The first-order valence-electron chi connectivity index (χ1n) is 37.3. The van der Waals surface area contributed by atoms with Crippen molar-refractivity contribution in [1.82, 2.24) is 0 Å². The summed E-state index contributed by atoms with van der Waals surface area (Å²) in [6.07, 6.45) is 10.4. The van der Waals surface area contributed by atoms with E-state index < -0.39 is 17.2 Å². The van der Waals surface area contributed by atoms with Crippen LogP contribution in [0.2, 0.25) is 0 Å². The molecule has 3 N–H and O–H groups in total. The average Bonchev–Trinajstić information content (AvgIpc) is 0.950. The summed E-state index contributed by atoms with van der Waals surface area (Å²) >= 11 is 0. The van der Waals surface area contributed by atoms with Gasteiger partial charge in [0, 0.05) is 13.0 Å². The summed E-state index contributed by atoms with van der Waals surface area (Å²) in [6, 6.07) is 54.3. The van der Waals surface area contributed by atoms with Crippen molar-refractivity contribution in [3.8, 4) is 40.2 Å². The minimum Gasteiger partial charge on any atom is -0.508 e. The molecule has 7 aromatic carbocycles. The van der Waals surface area contributed by atoms with Crippen molar-refractivity contribution in [3.05, 3.63) is 209 Å². The smallest absolute Gasteiger partial charge is 0.508 e. The van der Waals surface area contributed by atoms with Gasteiger partial charge in [-0.2, -0.15) is 0 Å². The Hall–Kier alpha value is -7.80. The zero-order valence-electron chi connectivity index (χ0n) is 65.9. The number of phenols is 3. The largest absolute Gasteiger partial charge is 0.514 e. The van der Waals surface area contributed by atoms with E-state index in [0.717, 1.165) is 69.5 Å². The molecule has 1 aliphatic heterocycles. The van der Waals surface area contributed by atoms with E-state index in [0.29, 0.717) is 76.8 Å². The molecular formula is C89H130O12. The molecule has 9 atom stereocenters. The van der Waals surface area contributed by atoms with E-state index in [4.69, 9.17) is 48.5 Å². The number of esters is 1. The first kappa shape index (κ1) is 89.3. The summed E-state index contributed by atoms with van der Waals surface area (Å²) in [5.74, 6) is 7.82. The van der Waals surface area contributed by atoms with E-state index in [1.165, 1.54) is 51.8 Å². The van der Waals surface area contributed by atoms with Crippen molar-refractivity contribution in [1.29, 1.82) is 0 Å². The molecule has 12 heteroatoms. The van der Waals surface area contributed by atoms with Crippen LogP contribution in [0.5, 0.6) is 40.2 Å². The fourth-order valence-corrected chi connectivity index (χ4v) is 9.58. The van der Waals surface area contributed by atoms with Crippen LogP contribution in [0.15, 0.2) is 170 Å². The highest BCUT2D eigenvalue weighted by Gasteiger charge is 2.24. The van der Waals surface area contributed by atoms with Gasteiger partial charge >= 0.3 is 12.1 Å². The van der Waals surface area contributed by atoms with Crippen molar-refractivity contribution < 1.29 is 58.1 Å². The van der Waals surface area contributed by atoms with Gasteiger partial charge in [0.25, 0.3) is 0 Å². The average molecular weight is 1390 g/mol. The lowest BCUT2D eigenvalue weighted by molar-refractivity contribution is -0.143. The molecule has 0 amide bonds. The fraction of sp³-hybridized carbons (Fsp3) is 0.506. The lowest BCUT2D eigenvalue weighted by Crippen LogP contribution is -2.25. The molecule has 1 heterocycles. The predicted molar refractivity (Wildman–Crippen MR) is 419 cm³/mol. The summed E-state index contributed by atoms with van der Waals surface area (Å²) < 4.78 is 37.8. The lowest BCUT2D eigenvalue weighted by atomic mass is 9.97. The Labute approximate surface area is 610 Å². The Balaban J connectivity index is 0.000000404. The van der Waals surface area contributed by atoms with Crippen molar-refractivity contribution in [2.75, 3.05) is 13.2 Å². The molecule has 0 aromatic heterocycles. The SMILES string of the molecule is CCC(C)c1ccc(O)cc1.CCC(C)c1ccc(O)cc1.CCC(C)c1ccc(O)cc1.CCC(C)c1ccc(OC(=O)C(C)(C)C)cc1.CCC(C)c1ccc(OC(=O)OC(C)(C)C)cc1.CCC(C)c1ccc(OC2CCCCO2)cc1.CCOC(C)Oc1ccc(C(C)CC)cc1. The molecule has 1 saturated heterocycles. The van der Waals surface area contributed by atoms with Crippen LogP contribution in [0, 0.1) is 5.41 Å². The normalized spacial score (nSPS) is 14.8. The highest BCUT2D eigenvalue weighted by Crippen LogP contribution is 2.29. The maximum absolute atomic E-state index is 11.7. The van der Waals surface area contributed by atoms with Crippen molar-refractivity contribution in [3.63, 3.8) is 0 Å². The van der Waals surface area contributed by atoms with Gasteiger partial charge in [0.2, 0.25) is 0 Å². The number of aromatic hydroxyl groups is 3. The van der Waals surface area contributed by atoms with Crippen LogP contribution in [0.25, 0.3) is 0 Å². The summed E-state index contributed by atoms with van der Waals surface area (Å²) in [5.41, 5.74) is 8.16. The third-order valence-electron chi connectivity index (χ3n) is 18.0. The van der Waals surface area contributed by atoms with E-state index in [9.17, 15) is 9.59 Å². The topological polar surface area (TPSA) is 159 Å². The number of ether oxygens (including phenoxy) is 7. The number of hydrogen-bond acceptors (Lipinski definition) is 12. The first-order chi connectivity index (χ1) is 47.8. The van der Waals surface area contributed by atoms with Crippen LogP contribution in [-0.2, 0) is 19.0 Å².